The average Bonchev–Trinajstić information content (AvgIpc) is 2.65. The zero-order valence-electron chi connectivity index (χ0n) is 16.0. The number of likely N-dealkylation sites (tertiary alicyclic amines) is 1. The van der Waals surface area contributed by atoms with Crippen LogP contribution in [0.25, 0.3) is 0 Å². The van der Waals surface area contributed by atoms with Crippen molar-refractivity contribution in [2.24, 2.45) is 0 Å². The summed E-state index contributed by atoms with van der Waals surface area (Å²) in [7, 11) is 0. The second-order valence-electron chi connectivity index (χ2n) is 7.44. The van der Waals surface area contributed by atoms with Crippen molar-refractivity contribution in [3.8, 4) is 0 Å². The predicted molar refractivity (Wildman–Crippen MR) is 106 cm³/mol. The molecule has 1 aliphatic heterocycles. The van der Waals surface area contributed by atoms with Crippen molar-refractivity contribution >= 4 is 0 Å². The first-order valence-corrected chi connectivity index (χ1v) is 9.78. The number of aliphatic hydroxyl groups excluding tert-OH is 1. The number of rotatable bonds is 7. The topological polar surface area (TPSA) is 32.7 Å². The van der Waals surface area contributed by atoms with Crippen LogP contribution in [-0.2, 0) is 4.74 Å². The van der Waals surface area contributed by atoms with Crippen LogP contribution in [0, 0.1) is 13.8 Å². The molecule has 0 saturated carbocycles. The van der Waals surface area contributed by atoms with E-state index in [0.29, 0.717) is 13.2 Å². The van der Waals surface area contributed by atoms with E-state index in [9.17, 15) is 5.11 Å². The van der Waals surface area contributed by atoms with Gasteiger partial charge < -0.3 is 14.7 Å². The Morgan fingerprint density at radius 2 is 1.42 bits per heavy atom. The molecule has 3 heteroatoms. The van der Waals surface area contributed by atoms with Gasteiger partial charge in [0.05, 0.1) is 12.7 Å². The lowest BCUT2D eigenvalue weighted by Gasteiger charge is -2.29. The number of piperidine rings is 1. The summed E-state index contributed by atoms with van der Waals surface area (Å²) in [5, 5.41) is 10.5. The molecule has 1 N–H and O–H groups in total. The molecule has 3 rings (SSSR count). The highest BCUT2D eigenvalue weighted by atomic mass is 16.5. The van der Waals surface area contributed by atoms with Crippen LogP contribution in [0.1, 0.15) is 47.6 Å². The summed E-state index contributed by atoms with van der Waals surface area (Å²) >= 11 is 0. The zero-order chi connectivity index (χ0) is 18.4. The molecule has 0 unspecified atom stereocenters. The van der Waals surface area contributed by atoms with Gasteiger partial charge in [-0.1, -0.05) is 55.0 Å². The third-order valence-electron chi connectivity index (χ3n) is 5.31. The van der Waals surface area contributed by atoms with Gasteiger partial charge in [-0.25, -0.2) is 0 Å². The Balaban J connectivity index is 1.72. The van der Waals surface area contributed by atoms with Crippen LogP contribution < -0.4 is 0 Å². The third kappa shape index (κ3) is 4.94. The van der Waals surface area contributed by atoms with E-state index in [1.807, 2.05) is 0 Å². The number of benzene rings is 2. The fourth-order valence-corrected chi connectivity index (χ4v) is 3.81. The summed E-state index contributed by atoms with van der Waals surface area (Å²) < 4.78 is 6.30. The number of hydrogen-bond acceptors (Lipinski definition) is 3. The summed E-state index contributed by atoms with van der Waals surface area (Å²) in [6, 6.07) is 16.7. The minimum atomic E-state index is -0.455. The smallest absolute Gasteiger partial charge is 0.108 e. The largest absolute Gasteiger partial charge is 0.389 e. The van der Waals surface area contributed by atoms with Crippen LogP contribution in [0.15, 0.2) is 48.5 Å². The van der Waals surface area contributed by atoms with E-state index in [1.54, 1.807) is 0 Å². The molecule has 140 valence electrons. The molecule has 2 aromatic rings. The molecule has 0 aromatic heterocycles. The van der Waals surface area contributed by atoms with Crippen LogP contribution in [0.2, 0.25) is 0 Å². The molecule has 1 saturated heterocycles. The molecule has 0 bridgehead atoms. The van der Waals surface area contributed by atoms with Gasteiger partial charge in [0.15, 0.2) is 0 Å². The van der Waals surface area contributed by atoms with Crippen molar-refractivity contribution in [1.29, 1.82) is 0 Å². The molecule has 1 fully saturated rings. The van der Waals surface area contributed by atoms with Crippen molar-refractivity contribution in [3.63, 3.8) is 0 Å². The Hall–Kier alpha value is -1.68. The van der Waals surface area contributed by atoms with E-state index in [1.165, 1.54) is 41.5 Å². The summed E-state index contributed by atoms with van der Waals surface area (Å²) in [5.41, 5.74) is 4.77. The van der Waals surface area contributed by atoms with Gasteiger partial charge in [0, 0.05) is 6.54 Å². The monoisotopic (exact) mass is 353 g/mol. The maximum absolute atomic E-state index is 10.5. The van der Waals surface area contributed by atoms with E-state index in [4.69, 9.17) is 4.74 Å². The van der Waals surface area contributed by atoms with E-state index < -0.39 is 6.10 Å². The standard InChI is InChI=1S/C23H31NO2/c1-18-10-4-6-12-21(18)23(22-13-7-5-11-19(22)2)26-17-20(25)16-24-14-8-3-9-15-24/h4-7,10-13,20,23,25H,3,8-9,14-17H2,1-2H3/t20-/m1/s1. The Bertz CT molecular complexity index is 649. The average molecular weight is 354 g/mol. The second kappa shape index (κ2) is 9.31. The molecular weight excluding hydrogens is 322 g/mol. The summed E-state index contributed by atoms with van der Waals surface area (Å²) in [6.45, 7) is 7.48. The first-order valence-electron chi connectivity index (χ1n) is 9.78. The third-order valence-corrected chi connectivity index (χ3v) is 5.31. The summed E-state index contributed by atoms with van der Waals surface area (Å²) in [5.74, 6) is 0. The highest BCUT2D eigenvalue weighted by Crippen LogP contribution is 2.30. The first kappa shape index (κ1) is 19.1. The number of aliphatic hydroxyl groups is 1. The van der Waals surface area contributed by atoms with E-state index in [0.717, 1.165) is 13.1 Å². The maximum atomic E-state index is 10.5. The molecule has 3 nitrogen and oxygen atoms in total. The lowest BCUT2D eigenvalue weighted by Crippen LogP contribution is -2.38. The fraction of sp³-hybridized carbons (Fsp3) is 0.478. The molecule has 1 aliphatic rings. The van der Waals surface area contributed by atoms with Gasteiger partial charge >= 0.3 is 0 Å². The molecule has 0 aliphatic carbocycles. The molecule has 0 amide bonds. The number of hydrogen-bond donors (Lipinski definition) is 1. The SMILES string of the molecule is Cc1ccccc1C(OC[C@H](O)CN1CCCCC1)c1ccccc1C. The maximum Gasteiger partial charge on any atom is 0.108 e. The Morgan fingerprint density at radius 3 is 1.96 bits per heavy atom. The molecule has 2 aromatic carbocycles. The normalized spacial score (nSPS) is 16.8. The number of aryl methyl sites for hydroxylation is 2. The number of β-amino-alcohol motifs (C(OH)–C–C–N with tert-alkyl or cyclic N) is 1. The van der Waals surface area contributed by atoms with Gasteiger partial charge in [-0.05, 0) is 62.0 Å². The van der Waals surface area contributed by atoms with Gasteiger partial charge in [-0.2, -0.15) is 0 Å². The number of nitrogens with zero attached hydrogens (tertiary/aromatic N) is 1. The molecule has 0 spiro atoms. The molecule has 26 heavy (non-hydrogen) atoms. The van der Waals surface area contributed by atoms with Crippen LogP contribution in [-0.4, -0.2) is 42.4 Å². The van der Waals surface area contributed by atoms with Crippen LogP contribution >= 0.6 is 0 Å². The van der Waals surface area contributed by atoms with Crippen molar-refractivity contribution in [2.45, 2.75) is 45.3 Å². The highest BCUT2D eigenvalue weighted by Gasteiger charge is 2.21. The van der Waals surface area contributed by atoms with Crippen molar-refractivity contribution in [2.75, 3.05) is 26.2 Å². The zero-order valence-corrected chi connectivity index (χ0v) is 16.0. The summed E-state index contributed by atoms with van der Waals surface area (Å²) in [4.78, 5) is 2.36. The van der Waals surface area contributed by atoms with Gasteiger partial charge in [0.1, 0.15) is 6.10 Å². The molecule has 1 atom stereocenters. The minimum absolute atomic E-state index is 0.145. The second-order valence-corrected chi connectivity index (χ2v) is 7.44. The highest BCUT2D eigenvalue weighted by molar-refractivity contribution is 5.38. The van der Waals surface area contributed by atoms with Gasteiger partial charge in [0.25, 0.3) is 0 Å². The van der Waals surface area contributed by atoms with Crippen LogP contribution in [0.3, 0.4) is 0 Å². The Labute approximate surface area is 157 Å². The van der Waals surface area contributed by atoms with Gasteiger partial charge in [-0.15, -0.1) is 0 Å². The van der Waals surface area contributed by atoms with Crippen molar-refractivity contribution < 1.29 is 9.84 Å². The first-order chi connectivity index (χ1) is 12.6. The Morgan fingerprint density at radius 1 is 0.885 bits per heavy atom. The van der Waals surface area contributed by atoms with E-state index in [2.05, 4.69) is 67.3 Å². The van der Waals surface area contributed by atoms with E-state index >= 15 is 0 Å². The van der Waals surface area contributed by atoms with Crippen molar-refractivity contribution in [3.05, 3.63) is 70.8 Å². The van der Waals surface area contributed by atoms with Gasteiger partial charge in [-0.3, -0.25) is 0 Å². The van der Waals surface area contributed by atoms with Crippen LogP contribution in [0.5, 0.6) is 0 Å². The number of ether oxygens (including phenoxy) is 1. The molecule has 1 heterocycles. The summed E-state index contributed by atoms with van der Waals surface area (Å²) in [6.07, 6.45) is 3.19. The lowest BCUT2D eigenvalue weighted by atomic mass is 9.94. The molecule has 0 radical (unpaired) electrons. The van der Waals surface area contributed by atoms with Gasteiger partial charge in [0.2, 0.25) is 0 Å². The van der Waals surface area contributed by atoms with E-state index in [-0.39, 0.29) is 6.10 Å². The lowest BCUT2D eigenvalue weighted by molar-refractivity contribution is -0.0108. The quantitative estimate of drug-likeness (QED) is 0.807. The minimum Gasteiger partial charge on any atom is -0.389 e. The van der Waals surface area contributed by atoms with Crippen LogP contribution in [0.4, 0.5) is 0 Å². The predicted octanol–water partition coefficient (Wildman–Crippen LogP) is 4.26. The fourth-order valence-electron chi connectivity index (χ4n) is 3.81. The molecular formula is C23H31NO2. The Kier molecular flexibility index (Phi) is 6.84. The van der Waals surface area contributed by atoms with Crippen molar-refractivity contribution in [1.82, 2.24) is 4.90 Å².